The molecule has 0 saturated heterocycles. The van der Waals surface area contributed by atoms with Crippen molar-refractivity contribution in [3.05, 3.63) is 0 Å². The molecule has 0 aromatic rings. The maximum atomic E-state index is 11.9. The fourth-order valence-corrected chi connectivity index (χ4v) is 0.356. The van der Waals surface area contributed by atoms with E-state index in [1.165, 1.54) is 0 Å². The molecule has 0 aliphatic carbocycles. The Hall–Kier alpha value is -0.350. The van der Waals surface area contributed by atoms with Crippen molar-refractivity contribution in [2.24, 2.45) is 0 Å². The molecular weight excluding hydrogens is 155 g/mol. The normalized spacial score (nSPS) is 13.8. The third-order valence-electron chi connectivity index (χ3n) is 1.15. The van der Waals surface area contributed by atoms with Crippen molar-refractivity contribution in [1.29, 1.82) is 0 Å². The highest BCUT2D eigenvalue weighted by molar-refractivity contribution is 4.82. The molecule has 0 spiro atoms. The lowest BCUT2D eigenvalue weighted by atomic mass is 10.1. The molecule has 0 aliphatic heterocycles. The summed E-state index contributed by atoms with van der Waals surface area (Å²) < 4.78 is 58.7. The van der Waals surface area contributed by atoms with Gasteiger partial charge in [0.1, 0.15) is 0 Å². The van der Waals surface area contributed by atoms with Crippen LogP contribution in [0.25, 0.3) is 0 Å². The van der Waals surface area contributed by atoms with E-state index in [2.05, 4.69) is 0 Å². The van der Waals surface area contributed by atoms with Gasteiger partial charge in [-0.25, -0.2) is 4.39 Å². The van der Waals surface area contributed by atoms with Crippen molar-refractivity contribution < 1.29 is 22.0 Å². The van der Waals surface area contributed by atoms with Crippen LogP contribution in [0.15, 0.2) is 0 Å². The Kier molecular flexibility index (Phi) is 2.62. The van der Waals surface area contributed by atoms with Crippen LogP contribution in [0.5, 0.6) is 0 Å². The van der Waals surface area contributed by atoms with E-state index in [9.17, 15) is 22.0 Å². The Morgan fingerprint density at radius 2 is 1.40 bits per heavy atom. The highest BCUT2D eigenvalue weighted by Crippen LogP contribution is 2.36. The molecule has 10 heavy (non-hydrogen) atoms. The second-order valence-corrected chi connectivity index (χ2v) is 1.90. The standard InChI is InChI=1S/C5H7F5/c1-2-4(7,8)5(9,10)3-6/h2-3H2,1H3. The zero-order valence-corrected chi connectivity index (χ0v) is 5.30. The molecule has 5 heteroatoms. The first kappa shape index (κ1) is 9.65. The molecule has 0 nitrogen and oxygen atoms in total. The Morgan fingerprint density at radius 1 is 1.00 bits per heavy atom. The zero-order chi connectivity index (χ0) is 8.41. The van der Waals surface area contributed by atoms with E-state index < -0.39 is 24.9 Å². The van der Waals surface area contributed by atoms with Gasteiger partial charge in [-0.15, -0.1) is 0 Å². The molecule has 0 saturated carbocycles. The summed E-state index contributed by atoms with van der Waals surface area (Å²) >= 11 is 0. The minimum Gasteiger partial charge on any atom is -0.244 e. The third-order valence-corrected chi connectivity index (χ3v) is 1.15. The number of rotatable bonds is 3. The van der Waals surface area contributed by atoms with Crippen LogP contribution in [0.4, 0.5) is 22.0 Å². The Labute approximate surface area is 55.0 Å². The topological polar surface area (TPSA) is 0 Å². The Morgan fingerprint density at radius 3 is 1.50 bits per heavy atom. The zero-order valence-electron chi connectivity index (χ0n) is 5.30. The van der Waals surface area contributed by atoms with Crippen LogP contribution in [-0.4, -0.2) is 18.5 Å². The first-order valence-corrected chi connectivity index (χ1v) is 2.69. The molecule has 0 rings (SSSR count). The molecule has 62 valence electrons. The first-order valence-electron chi connectivity index (χ1n) is 2.69. The molecule has 0 unspecified atom stereocenters. The molecule has 0 bridgehead atoms. The summed E-state index contributed by atoms with van der Waals surface area (Å²) in [5.41, 5.74) is 0. The lowest BCUT2D eigenvalue weighted by Crippen LogP contribution is -2.41. The molecule has 0 aromatic carbocycles. The van der Waals surface area contributed by atoms with Crippen LogP contribution in [0.1, 0.15) is 13.3 Å². The van der Waals surface area contributed by atoms with Crippen LogP contribution < -0.4 is 0 Å². The number of hydrogen-bond donors (Lipinski definition) is 0. The van der Waals surface area contributed by atoms with E-state index in [-0.39, 0.29) is 0 Å². The van der Waals surface area contributed by atoms with Gasteiger partial charge in [0.25, 0.3) is 0 Å². The average molecular weight is 162 g/mol. The average Bonchev–Trinajstić information content (AvgIpc) is 1.88. The molecular formula is C5H7F5. The molecule has 0 radical (unpaired) electrons. The molecule has 0 amide bonds. The predicted octanol–water partition coefficient (Wildman–Crippen LogP) is 2.64. The van der Waals surface area contributed by atoms with Crippen molar-refractivity contribution in [3.63, 3.8) is 0 Å². The summed E-state index contributed by atoms with van der Waals surface area (Å²) in [6, 6.07) is 0. The van der Waals surface area contributed by atoms with Crippen LogP contribution >= 0.6 is 0 Å². The van der Waals surface area contributed by atoms with Crippen LogP contribution in [0, 0.1) is 0 Å². The van der Waals surface area contributed by atoms with Crippen molar-refractivity contribution in [1.82, 2.24) is 0 Å². The minimum absolute atomic E-state index is 0.879. The van der Waals surface area contributed by atoms with E-state index in [4.69, 9.17) is 0 Å². The number of halogens is 5. The van der Waals surface area contributed by atoms with Crippen molar-refractivity contribution in [2.75, 3.05) is 6.67 Å². The van der Waals surface area contributed by atoms with Gasteiger partial charge >= 0.3 is 11.8 Å². The van der Waals surface area contributed by atoms with E-state index in [1.54, 1.807) is 0 Å². The Balaban J connectivity index is 4.28. The summed E-state index contributed by atoms with van der Waals surface area (Å²) in [4.78, 5) is 0. The fourth-order valence-electron chi connectivity index (χ4n) is 0.356. The van der Waals surface area contributed by atoms with Gasteiger partial charge in [-0.05, 0) is 0 Å². The summed E-state index contributed by atoms with van der Waals surface area (Å²) in [5.74, 6) is -8.73. The molecule has 0 aliphatic rings. The predicted molar refractivity (Wildman–Crippen MR) is 26.2 cm³/mol. The van der Waals surface area contributed by atoms with Crippen LogP contribution in [0.2, 0.25) is 0 Å². The van der Waals surface area contributed by atoms with Crippen molar-refractivity contribution in [3.8, 4) is 0 Å². The smallest absolute Gasteiger partial charge is 0.244 e. The van der Waals surface area contributed by atoms with E-state index in [0.29, 0.717) is 0 Å². The summed E-state index contributed by atoms with van der Waals surface area (Å²) in [5, 5.41) is 0. The maximum absolute atomic E-state index is 11.9. The molecule has 0 fully saturated rings. The van der Waals surface area contributed by atoms with Crippen LogP contribution in [-0.2, 0) is 0 Å². The van der Waals surface area contributed by atoms with Gasteiger partial charge in [0.05, 0.1) is 0 Å². The van der Waals surface area contributed by atoms with Gasteiger partial charge in [-0.1, -0.05) is 6.92 Å². The van der Waals surface area contributed by atoms with E-state index in [0.717, 1.165) is 6.92 Å². The van der Waals surface area contributed by atoms with Gasteiger partial charge in [0.2, 0.25) is 0 Å². The van der Waals surface area contributed by atoms with Gasteiger partial charge in [-0.3, -0.25) is 0 Å². The second kappa shape index (κ2) is 2.72. The molecule has 0 heterocycles. The maximum Gasteiger partial charge on any atom is 0.337 e. The summed E-state index contributed by atoms with van der Waals surface area (Å²) in [6.07, 6.45) is -1.05. The number of alkyl halides is 5. The monoisotopic (exact) mass is 162 g/mol. The highest BCUT2D eigenvalue weighted by atomic mass is 19.3. The second-order valence-electron chi connectivity index (χ2n) is 1.90. The SMILES string of the molecule is CCC(F)(F)C(F)(F)CF. The minimum atomic E-state index is -4.51. The van der Waals surface area contributed by atoms with Crippen molar-refractivity contribution >= 4 is 0 Å². The summed E-state index contributed by atoms with van der Waals surface area (Å²) in [7, 11) is 0. The van der Waals surface area contributed by atoms with E-state index in [1.807, 2.05) is 0 Å². The van der Waals surface area contributed by atoms with Gasteiger partial charge in [-0.2, -0.15) is 17.6 Å². The molecule has 0 aromatic heterocycles. The first-order chi connectivity index (χ1) is 4.37. The molecule has 0 atom stereocenters. The largest absolute Gasteiger partial charge is 0.337 e. The molecule has 0 N–H and O–H groups in total. The van der Waals surface area contributed by atoms with Gasteiger partial charge < -0.3 is 0 Å². The third kappa shape index (κ3) is 1.58. The fraction of sp³-hybridized carbons (Fsp3) is 1.00. The van der Waals surface area contributed by atoms with Gasteiger partial charge in [0.15, 0.2) is 6.67 Å². The van der Waals surface area contributed by atoms with Crippen molar-refractivity contribution in [2.45, 2.75) is 25.2 Å². The highest BCUT2D eigenvalue weighted by Gasteiger charge is 2.54. The lowest BCUT2D eigenvalue weighted by Gasteiger charge is -2.22. The summed E-state index contributed by atoms with van der Waals surface area (Å²) in [6.45, 7) is -1.43. The quantitative estimate of drug-likeness (QED) is 0.559. The van der Waals surface area contributed by atoms with Crippen LogP contribution in [0.3, 0.4) is 0 Å². The lowest BCUT2D eigenvalue weighted by molar-refractivity contribution is -0.216. The Bertz CT molecular complexity index is 94.6. The van der Waals surface area contributed by atoms with E-state index >= 15 is 0 Å². The van der Waals surface area contributed by atoms with Gasteiger partial charge in [0, 0.05) is 6.42 Å². The number of hydrogen-bond acceptors (Lipinski definition) is 0.